The van der Waals surface area contributed by atoms with Gasteiger partial charge in [0.2, 0.25) is 10.0 Å². The average Bonchev–Trinajstić information content (AvgIpc) is 2.33. The van der Waals surface area contributed by atoms with Crippen LogP contribution in [-0.2, 0) is 10.0 Å². The fourth-order valence-corrected chi connectivity index (χ4v) is 4.72. The fourth-order valence-electron chi connectivity index (χ4n) is 2.74. The first kappa shape index (κ1) is 15.0. The molecule has 3 nitrogen and oxygen atoms in total. The summed E-state index contributed by atoms with van der Waals surface area (Å²) in [5, 5.41) is 0. The van der Waals surface area contributed by atoms with Gasteiger partial charge in [-0.15, -0.1) is 0 Å². The van der Waals surface area contributed by atoms with Gasteiger partial charge in [-0.25, -0.2) is 13.1 Å². The molecule has 1 aromatic rings. The van der Waals surface area contributed by atoms with E-state index in [4.69, 9.17) is 0 Å². The summed E-state index contributed by atoms with van der Waals surface area (Å²) in [6.45, 7) is 4.36. The first-order chi connectivity index (χ1) is 8.88. The van der Waals surface area contributed by atoms with Gasteiger partial charge in [0.25, 0.3) is 0 Å². The lowest BCUT2D eigenvalue weighted by atomic mass is 9.80. The van der Waals surface area contributed by atoms with Gasteiger partial charge in [-0.05, 0) is 49.3 Å². The predicted octanol–water partition coefficient (Wildman–Crippen LogP) is 3.55. The van der Waals surface area contributed by atoms with Gasteiger partial charge < -0.3 is 0 Å². The van der Waals surface area contributed by atoms with E-state index in [1.54, 1.807) is 18.2 Å². The molecule has 0 heterocycles. The summed E-state index contributed by atoms with van der Waals surface area (Å²) in [5.41, 5.74) is 0. The van der Waals surface area contributed by atoms with E-state index in [-0.39, 0.29) is 6.04 Å². The summed E-state index contributed by atoms with van der Waals surface area (Å²) in [4.78, 5) is 0.327. The Morgan fingerprint density at radius 1 is 1.26 bits per heavy atom. The van der Waals surface area contributed by atoms with E-state index in [0.29, 0.717) is 16.7 Å². The summed E-state index contributed by atoms with van der Waals surface area (Å²) in [6, 6.07) is 6.89. The van der Waals surface area contributed by atoms with Crippen LogP contribution < -0.4 is 4.72 Å². The van der Waals surface area contributed by atoms with Crippen LogP contribution in [-0.4, -0.2) is 14.5 Å². The van der Waals surface area contributed by atoms with Crippen molar-refractivity contribution in [1.82, 2.24) is 4.72 Å². The molecule has 106 valence electrons. The minimum Gasteiger partial charge on any atom is -0.208 e. The lowest BCUT2D eigenvalue weighted by molar-refractivity contribution is 0.249. The molecule has 0 bridgehead atoms. The zero-order chi connectivity index (χ0) is 14.0. The zero-order valence-corrected chi connectivity index (χ0v) is 13.7. The highest BCUT2D eigenvalue weighted by Gasteiger charge is 2.29. The van der Waals surface area contributed by atoms with Gasteiger partial charge in [0.1, 0.15) is 0 Å². The third kappa shape index (κ3) is 3.80. The van der Waals surface area contributed by atoms with Gasteiger partial charge in [-0.3, -0.25) is 0 Å². The first-order valence-electron chi connectivity index (χ1n) is 6.66. The van der Waals surface area contributed by atoms with Crippen molar-refractivity contribution in [2.45, 2.75) is 44.0 Å². The maximum absolute atomic E-state index is 12.3. The molecule has 5 heteroatoms. The predicted molar refractivity (Wildman–Crippen MR) is 80.4 cm³/mol. The lowest BCUT2D eigenvalue weighted by Gasteiger charge is -2.32. The van der Waals surface area contributed by atoms with Crippen molar-refractivity contribution >= 4 is 26.0 Å². The number of nitrogens with one attached hydrogen (secondary N) is 1. The second-order valence-corrected chi connectivity index (χ2v) is 8.21. The van der Waals surface area contributed by atoms with Gasteiger partial charge >= 0.3 is 0 Å². The topological polar surface area (TPSA) is 46.2 Å². The van der Waals surface area contributed by atoms with Crippen LogP contribution in [0.5, 0.6) is 0 Å². The molecule has 3 unspecified atom stereocenters. The Labute approximate surface area is 124 Å². The highest BCUT2D eigenvalue weighted by Crippen LogP contribution is 2.29. The van der Waals surface area contributed by atoms with Crippen molar-refractivity contribution in [2.75, 3.05) is 0 Å². The fraction of sp³-hybridized carbons (Fsp3) is 0.571. The van der Waals surface area contributed by atoms with Crippen LogP contribution in [0.15, 0.2) is 33.6 Å². The van der Waals surface area contributed by atoms with Crippen LogP contribution in [0.25, 0.3) is 0 Å². The lowest BCUT2D eigenvalue weighted by Crippen LogP contribution is -2.42. The molecular formula is C14H20BrNO2S. The molecule has 1 aromatic carbocycles. The van der Waals surface area contributed by atoms with E-state index < -0.39 is 10.0 Å². The minimum absolute atomic E-state index is 0.0557. The SMILES string of the molecule is CC1CCC(NS(=O)(=O)c2cccc(Br)c2)C(C)C1. The largest absolute Gasteiger partial charge is 0.240 e. The molecule has 1 N–H and O–H groups in total. The molecule has 0 amide bonds. The van der Waals surface area contributed by atoms with Crippen molar-refractivity contribution < 1.29 is 8.42 Å². The number of hydrogen-bond acceptors (Lipinski definition) is 2. The Morgan fingerprint density at radius 3 is 2.63 bits per heavy atom. The van der Waals surface area contributed by atoms with E-state index in [9.17, 15) is 8.42 Å². The van der Waals surface area contributed by atoms with Crippen LogP contribution in [0, 0.1) is 11.8 Å². The van der Waals surface area contributed by atoms with Crippen molar-refractivity contribution in [3.8, 4) is 0 Å². The van der Waals surface area contributed by atoms with Gasteiger partial charge in [0.15, 0.2) is 0 Å². The van der Waals surface area contributed by atoms with Crippen molar-refractivity contribution in [3.63, 3.8) is 0 Å². The van der Waals surface area contributed by atoms with Gasteiger partial charge in [-0.2, -0.15) is 0 Å². The van der Waals surface area contributed by atoms with Crippen molar-refractivity contribution in [2.24, 2.45) is 11.8 Å². The van der Waals surface area contributed by atoms with Gasteiger partial charge in [-0.1, -0.05) is 35.8 Å². The maximum Gasteiger partial charge on any atom is 0.240 e. The second kappa shape index (κ2) is 5.94. The van der Waals surface area contributed by atoms with E-state index in [1.165, 1.54) is 0 Å². The Hall–Kier alpha value is -0.390. The Morgan fingerprint density at radius 2 is 2.00 bits per heavy atom. The Bertz CT molecular complexity index is 544. The zero-order valence-electron chi connectivity index (χ0n) is 11.3. The normalized spacial score (nSPS) is 28.3. The standard InChI is InChI=1S/C14H20BrNO2S/c1-10-6-7-14(11(2)8-10)16-19(17,18)13-5-3-4-12(15)9-13/h3-5,9-11,14,16H,6-8H2,1-2H3. The second-order valence-electron chi connectivity index (χ2n) is 5.58. The number of rotatable bonds is 3. The number of benzene rings is 1. The molecular weight excluding hydrogens is 326 g/mol. The molecule has 0 aliphatic heterocycles. The molecule has 0 saturated heterocycles. The molecule has 1 aliphatic carbocycles. The molecule has 1 saturated carbocycles. The quantitative estimate of drug-likeness (QED) is 0.910. The summed E-state index contributed by atoms with van der Waals surface area (Å²) >= 11 is 3.31. The number of halogens is 1. The highest BCUT2D eigenvalue weighted by molar-refractivity contribution is 9.10. The van der Waals surface area contributed by atoms with Crippen LogP contribution in [0.1, 0.15) is 33.1 Å². The number of hydrogen-bond donors (Lipinski definition) is 1. The molecule has 1 aliphatic rings. The average molecular weight is 346 g/mol. The van der Waals surface area contributed by atoms with E-state index in [2.05, 4.69) is 34.5 Å². The van der Waals surface area contributed by atoms with Crippen LogP contribution in [0.3, 0.4) is 0 Å². The summed E-state index contributed by atoms with van der Waals surface area (Å²) in [6.07, 6.45) is 3.11. The molecule has 19 heavy (non-hydrogen) atoms. The Balaban J connectivity index is 2.13. The molecule has 0 aromatic heterocycles. The van der Waals surface area contributed by atoms with Crippen molar-refractivity contribution in [3.05, 3.63) is 28.7 Å². The first-order valence-corrected chi connectivity index (χ1v) is 8.94. The van der Waals surface area contributed by atoms with Gasteiger partial charge in [0, 0.05) is 10.5 Å². The number of sulfonamides is 1. The van der Waals surface area contributed by atoms with Crippen LogP contribution >= 0.6 is 15.9 Å². The Kier molecular flexibility index (Phi) is 4.69. The maximum atomic E-state index is 12.3. The minimum atomic E-state index is -3.41. The highest BCUT2D eigenvalue weighted by atomic mass is 79.9. The van der Waals surface area contributed by atoms with Crippen LogP contribution in [0.2, 0.25) is 0 Å². The van der Waals surface area contributed by atoms with E-state index in [0.717, 1.165) is 23.7 Å². The third-order valence-electron chi connectivity index (χ3n) is 3.84. The van der Waals surface area contributed by atoms with E-state index in [1.807, 2.05) is 6.07 Å². The van der Waals surface area contributed by atoms with Crippen LogP contribution in [0.4, 0.5) is 0 Å². The molecule has 3 atom stereocenters. The third-order valence-corrected chi connectivity index (χ3v) is 5.83. The molecule has 1 fully saturated rings. The molecule has 0 radical (unpaired) electrons. The monoisotopic (exact) mass is 345 g/mol. The summed E-state index contributed by atoms with van der Waals surface area (Å²) in [7, 11) is -3.41. The van der Waals surface area contributed by atoms with Gasteiger partial charge in [0.05, 0.1) is 4.90 Å². The summed E-state index contributed by atoms with van der Waals surface area (Å²) in [5.74, 6) is 1.09. The molecule has 2 rings (SSSR count). The van der Waals surface area contributed by atoms with E-state index >= 15 is 0 Å². The molecule has 0 spiro atoms. The summed E-state index contributed by atoms with van der Waals surface area (Å²) < 4.78 is 28.3. The smallest absolute Gasteiger partial charge is 0.208 e. The van der Waals surface area contributed by atoms with Crippen molar-refractivity contribution in [1.29, 1.82) is 0 Å².